The smallest absolute Gasteiger partial charge is 0.243 e. The highest BCUT2D eigenvalue weighted by molar-refractivity contribution is 7.89. The highest BCUT2D eigenvalue weighted by atomic mass is 32.2. The summed E-state index contributed by atoms with van der Waals surface area (Å²) in [6.07, 6.45) is 9.27. The van der Waals surface area contributed by atoms with E-state index in [0.717, 1.165) is 24.8 Å². The van der Waals surface area contributed by atoms with Crippen molar-refractivity contribution in [3.05, 3.63) is 41.5 Å². The molecule has 1 aliphatic carbocycles. The van der Waals surface area contributed by atoms with Gasteiger partial charge in [0, 0.05) is 25.6 Å². The first-order valence-electron chi connectivity index (χ1n) is 10.00. The molecular weight excluding hydrogens is 360 g/mol. The molecule has 0 atom stereocenters. The van der Waals surface area contributed by atoms with Crippen molar-refractivity contribution in [1.82, 2.24) is 9.62 Å². The summed E-state index contributed by atoms with van der Waals surface area (Å²) in [4.78, 5) is 12.8. The zero-order valence-corrected chi connectivity index (χ0v) is 16.9. The van der Waals surface area contributed by atoms with Crippen LogP contribution in [0, 0.1) is 12.8 Å². The van der Waals surface area contributed by atoms with Crippen LogP contribution in [0.4, 0.5) is 0 Å². The van der Waals surface area contributed by atoms with Crippen LogP contribution in [0.15, 0.2) is 40.8 Å². The third-order valence-corrected chi connectivity index (χ3v) is 7.73. The summed E-state index contributed by atoms with van der Waals surface area (Å²) >= 11 is 0. The summed E-state index contributed by atoms with van der Waals surface area (Å²) in [7, 11) is -3.48. The molecule has 5 nitrogen and oxygen atoms in total. The van der Waals surface area contributed by atoms with Gasteiger partial charge in [0.15, 0.2) is 0 Å². The van der Waals surface area contributed by atoms with Gasteiger partial charge in [-0.15, -0.1) is 0 Å². The summed E-state index contributed by atoms with van der Waals surface area (Å²) in [5, 5.41) is 3.05. The first-order chi connectivity index (χ1) is 13.0. The van der Waals surface area contributed by atoms with E-state index in [2.05, 4.69) is 11.4 Å². The molecule has 6 heteroatoms. The van der Waals surface area contributed by atoms with E-state index in [0.29, 0.717) is 37.4 Å². The van der Waals surface area contributed by atoms with E-state index in [9.17, 15) is 13.2 Å². The van der Waals surface area contributed by atoms with Crippen LogP contribution in [-0.2, 0) is 14.8 Å². The largest absolute Gasteiger partial charge is 0.356 e. The van der Waals surface area contributed by atoms with E-state index in [4.69, 9.17) is 0 Å². The maximum absolute atomic E-state index is 12.9. The van der Waals surface area contributed by atoms with E-state index in [-0.39, 0.29) is 11.8 Å². The predicted octanol–water partition coefficient (Wildman–Crippen LogP) is 3.40. The van der Waals surface area contributed by atoms with Gasteiger partial charge in [0.25, 0.3) is 0 Å². The maximum atomic E-state index is 12.9. The highest BCUT2D eigenvalue weighted by Crippen LogP contribution is 2.26. The van der Waals surface area contributed by atoms with Crippen LogP contribution in [-0.4, -0.2) is 38.3 Å². The normalized spacial score (nSPS) is 19.5. The Morgan fingerprint density at radius 3 is 2.59 bits per heavy atom. The van der Waals surface area contributed by atoms with E-state index in [1.165, 1.54) is 22.7 Å². The van der Waals surface area contributed by atoms with Crippen LogP contribution < -0.4 is 5.32 Å². The van der Waals surface area contributed by atoms with E-state index in [1.54, 1.807) is 12.1 Å². The molecule has 0 saturated carbocycles. The minimum Gasteiger partial charge on any atom is -0.356 e. The van der Waals surface area contributed by atoms with Gasteiger partial charge in [-0.1, -0.05) is 29.8 Å². The molecule has 1 N–H and O–H groups in total. The van der Waals surface area contributed by atoms with E-state index < -0.39 is 10.0 Å². The number of hydrogen-bond acceptors (Lipinski definition) is 3. The molecule has 3 rings (SSSR count). The van der Waals surface area contributed by atoms with Crippen LogP contribution in [0.5, 0.6) is 0 Å². The quantitative estimate of drug-likeness (QED) is 0.757. The lowest BCUT2D eigenvalue weighted by atomic mass is 9.96. The summed E-state index contributed by atoms with van der Waals surface area (Å²) in [6, 6.07) is 7.06. The van der Waals surface area contributed by atoms with Crippen molar-refractivity contribution in [1.29, 1.82) is 0 Å². The Labute approximate surface area is 162 Å². The second-order valence-electron chi connectivity index (χ2n) is 7.59. The van der Waals surface area contributed by atoms with Gasteiger partial charge in [-0.05, 0) is 63.5 Å². The Hall–Kier alpha value is -1.66. The Kier molecular flexibility index (Phi) is 6.71. The van der Waals surface area contributed by atoms with Crippen molar-refractivity contribution in [2.24, 2.45) is 5.92 Å². The number of piperidine rings is 1. The Morgan fingerprint density at radius 2 is 1.93 bits per heavy atom. The van der Waals surface area contributed by atoms with Crippen molar-refractivity contribution < 1.29 is 13.2 Å². The van der Waals surface area contributed by atoms with Gasteiger partial charge in [0.1, 0.15) is 0 Å². The van der Waals surface area contributed by atoms with Gasteiger partial charge in [-0.25, -0.2) is 8.42 Å². The van der Waals surface area contributed by atoms with Gasteiger partial charge >= 0.3 is 0 Å². The molecule has 148 valence electrons. The fraction of sp³-hybridized carbons (Fsp3) is 0.571. The first-order valence-corrected chi connectivity index (χ1v) is 11.4. The average Bonchev–Trinajstić information content (AvgIpc) is 2.69. The van der Waals surface area contributed by atoms with Crippen LogP contribution in [0.1, 0.15) is 50.5 Å². The molecule has 1 saturated heterocycles. The van der Waals surface area contributed by atoms with Crippen LogP contribution >= 0.6 is 0 Å². The lowest BCUT2D eigenvalue weighted by molar-refractivity contribution is -0.126. The fourth-order valence-corrected chi connectivity index (χ4v) is 5.66. The van der Waals surface area contributed by atoms with Gasteiger partial charge in [-0.2, -0.15) is 4.31 Å². The molecule has 0 aromatic heterocycles. The van der Waals surface area contributed by atoms with Gasteiger partial charge in [-0.3, -0.25) is 4.79 Å². The molecule has 2 aliphatic rings. The van der Waals surface area contributed by atoms with Gasteiger partial charge in [0.05, 0.1) is 4.90 Å². The molecule has 27 heavy (non-hydrogen) atoms. The second kappa shape index (κ2) is 9.02. The standard InChI is InChI=1S/C21H30N2O3S/c1-17-7-5-6-10-20(17)27(25,26)23-15-12-19(13-16-23)21(24)22-14-11-18-8-3-2-4-9-18/h5-8,10,19H,2-4,9,11-16H2,1H3,(H,22,24). The SMILES string of the molecule is Cc1ccccc1S(=O)(=O)N1CCC(C(=O)NCCC2=CCCCC2)CC1. The van der Waals surface area contributed by atoms with Crippen molar-refractivity contribution in [3.8, 4) is 0 Å². The lowest BCUT2D eigenvalue weighted by Gasteiger charge is -2.31. The third-order valence-electron chi connectivity index (χ3n) is 5.67. The molecule has 1 aliphatic heterocycles. The van der Waals surface area contributed by atoms with E-state index >= 15 is 0 Å². The highest BCUT2D eigenvalue weighted by Gasteiger charge is 2.32. The van der Waals surface area contributed by atoms with Gasteiger partial charge < -0.3 is 5.32 Å². The number of carbonyl (C=O) groups is 1. The lowest BCUT2D eigenvalue weighted by Crippen LogP contribution is -2.43. The van der Waals surface area contributed by atoms with Crippen molar-refractivity contribution in [2.75, 3.05) is 19.6 Å². The third kappa shape index (κ3) is 4.99. The Bertz CT molecular complexity index is 793. The number of benzene rings is 1. The van der Waals surface area contributed by atoms with Gasteiger partial charge in [0.2, 0.25) is 15.9 Å². The maximum Gasteiger partial charge on any atom is 0.243 e. The molecule has 0 bridgehead atoms. The molecule has 0 radical (unpaired) electrons. The number of aryl methyl sites for hydroxylation is 1. The summed E-state index contributed by atoms with van der Waals surface area (Å²) < 4.78 is 27.2. The predicted molar refractivity (Wildman–Crippen MR) is 107 cm³/mol. The molecule has 1 amide bonds. The Morgan fingerprint density at radius 1 is 1.19 bits per heavy atom. The molecular formula is C21H30N2O3S. The molecule has 1 aromatic carbocycles. The number of allylic oxidation sites excluding steroid dienone is 1. The van der Waals surface area contributed by atoms with Crippen LogP contribution in [0.25, 0.3) is 0 Å². The second-order valence-corrected chi connectivity index (χ2v) is 9.50. The van der Waals surface area contributed by atoms with Crippen LogP contribution in [0.3, 0.4) is 0 Å². The topological polar surface area (TPSA) is 66.5 Å². The first kappa shape index (κ1) is 20.1. The number of hydrogen-bond donors (Lipinski definition) is 1. The number of amides is 1. The minimum absolute atomic E-state index is 0.0688. The monoisotopic (exact) mass is 390 g/mol. The number of rotatable bonds is 6. The van der Waals surface area contributed by atoms with Crippen LogP contribution in [0.2, 0.25) is 0 Å². The fourth-order valence-electron chi connectivity index (χ4n) is 3.97. The summed E-state index contributed by atoms with van der Waals surface area (Å²) in [5.41, 5.74) is 2.22. The van der Waals surface area contributed by atoms with Crippen molar-refractivity contribution in [2.45, 2.75) is 56.8 Å². The minimum atomic E-state index is -3.48. The van der Waals surface area contributed by atoms with Crippen molar-refractivity contribution in [3.63, 3.8) is 0 Å². The molecule has 1 fully saturated rings. The number of nitrogens with zero attached hydrogens (tertiary/aromatic N) is 1. The molecule has 0 unspecified atom stereocenters. The molecule has 1 heterocycles. The molecule has 0 spiro atoms. The van der Waals surface area contributed by atoms with E-state index in [1.807, 2.05) is 19.1 Å². The Balaban J connectivity index is 1.49. The average molecular weight is 391 g/mol. The number of sulfonamides is 1. The zero-order valence-electron chi connectivity index (χ0n) is 16.1. The van der Waals surface area contributed by atoms with Crippen molar-refractivity contribution >= 4 is 15.9 Å². The zero-order chi connectivity index (χ0) is 19.3. The summed E-state index contributed by atoms with van der Waals surface area (Å²) in [5.74, 6) is -0.0204. The number of carbonyl (C=O) groups excluding carboxylic acids is 1. The number of nitrogens with one attached hydrogen (secondary N) is 1. The molecule has 1 aromatic rings. The summed E-state index contributed by atoms with van der Waals surface area (Å²) in [6.45, 7) is 3.31.